The van der Waals surface area contributed by atoms with E-state index in [1.165, 1.54) is 24.0 Å². The van der Waals surface area contributed by atoms with Crippen LogP contribution in [0.4, 0.5) is 0 Å². The number of carboxylic acids is 1. The van der Waals surface area contributed by atoms with Gasteiger partial charge in [-0.3, -0.25) is 4.79 Å². The smallest absolute Gasteiger partial charge is 0.303 e. The number of fused-ring (bicyclic) bond motifs is 1. The van der Waals surface area contributed by atoms with Crippen LogP contribution in [0.3, 0.4) is 0 Å². The molecule has 0 saturated carbocycles. The van der Waals surface area contributed by atoms with E-state index in [-0.39, 0.29) is 0 Å². The number of carbonyl (C=O) groups is 1. The predicted molar refractivity (Wildman–Crippen MR) is 71.6 cm³/mol. The van der Waals surface area contributed by atoms with E-state index in [0.29, 0.717) is 12.5 Å². The summed E-state index contributed by atoms with van der Waals surface area (Å²) in [5, 5.41) is 12.1. The fourth-order valence-corrected chi connectivity index (χ4v) is 2.62. The third-order valence-electron chi connectivity index (χ3n) is 3.59. The first-order valence-electron chi connectivity index (χ1n) is 6.80. The molecule has 1 aliphatic carbocycles. The Balaban J connectivity index is 1.65. The highest BCUT2D eigenvalue weighted by Gasteiger charge is 2.20. The van der Waals surface area contributed by atoms with Gasteiger partial charge in [0.15, 0.2) is 0 Å². The summed E-state index contributed by atoms with van der Waals surface area (Å²) in [6.07, 6.45) is 5.51. The molecule has 1 aliphatic rings. The first kappa shape index (κ1) is 13.1. The highest BCUT2D eigenvalue weighted by molar-refractivity contribution is 5.66. The number of nitrogens with one attached hydrogen (secondary N) is 1. The molecule has 0 aromatic heterocycles. The van der Waals surface area contributed by atoms with Crippen molar-refractivity contribution in [3.8, 4) is 0 Å². The Kier molecular flexibility index (Phi) is 4.76. The van der Waals surface area contributed by atoms with E-state index < -0.39 is 5.97 Å². The van der Waals surface area contributed by atoms with Crippen molar-refractivity contribution in [1.29, 1.82) is 0 Å². The van der Waals surface area contributed by atoms with E-state index in [1.807, 2.05) is 0 Å². The average Bonchev–Trinajstić information content (AvgIpc) is 2.77. The molecule has 0 aliphatic heterocycles. The van der Waals surface area contributed by atoms with Crippen LogP contribution in [-0.4, -0.2) is 17.6 Å². The van der Waals surface area contributed by atoms with Crippen molar-refractivity contribution in [2.75, 3.05) is 6.54 Å². The molecule has 3 nitrogen and oxygen atoms in total. The molecule has 98 valence electrons. The first-order valence-corrected chi connectivity index (χ1v) is 6.80. The molecular weight excluding hydrogens is 226 g/mol. The van der Waals surface area contributed by atoms with Crippen LogP contribution in [0.1, 0.15) is 49.3 Å². The summed E-state index contributed by atoms with van der Waals surface area (Å²) in [7, 11) is 0. The summed E-state index contributed by atoms with van der Waals surface area (Å²) in [5.41, 5.74) is 2.92. The summed E-state index contributed by atoms with van der Waals surface area (Å²) >= 11 is 0. The second-order valence-electron chi connectivity index (χ2n) is 4.95. The SMILES string of the molecule is O=C(O)CCCCCNC1CCc2ccccc21. The molecule has 2 rings (SSSR count). The van der Waals surface area contributed by atoms with Gasteiger partial charge in [-0.15, -0.1) is 0 Å². The minimum atomic E-state index is -0.687. The number of hydrogen-bond acceptors (Lipinski definition) is 2. The van der Waals surface area contributed by atoms with Gasteiger partial charge in [-0.05, 0) is 43.4 Å². The predicted octanol–water partition coefficient (Wildman–Crippen LogP) is 2.91. The summed E-state index contributed by atoms with van der Waals surface area (Å²) in [6, 6.07) is 9.13. The number of aryl methyl sites for hydroxylation is 1. The van der Waals surface area contributed by atoms with Gasteiger partial charge < -0.3 is 10.4 Å². The molecule has 0 amide bonds. The van der Waals surface area contributed by atoms with Gasteiger partial charge in [-0.2, -0.15) is 0 Å². The van der Waals surface area contributed by atoms with Crippen LogP contribution >= 0.6 is 0 Å². The van der Waals surface area contributed by atoms with E-state index in [0.717, 1.165) is 25.8 Å². The maximum absolute atomic E-state index is 10.4. The molecule has 0 saturated heterocycles. The van der Waals surface area contributed by atoms with Gasteiger partial charge in [-0.25, -0.2) is 0 Å². The Labute approximate surface area is 108 Å². The summed E-state index contributed by atoms with van der Waals surface area (Å²) in [4.78, 5) is 10.4. The molecule has 0 fully saturated rings. The molecular formula is C15H21NO2. The Hall–Kier alpha value is -1.35. The topological polar surface area (TPSA) is 49.3 Å². The van der Waals surface area contributed by atoms with E-state index in [2.05, 4.69) is 29.6 Å². The Bertz CT molecular complexity index is 403. The van der Waals surface area contributed by atoms with Gasteiger partial charge in [0.2, 0.25) is 0 Å². The van der Waals surface area contributed by atoms with E-state index in [1.54, 1.807) is 0 Å². The fraction of sp³-hybridized carbons (Fsp3) is 0.533. The van der Waals surface area contributed by atoms with Crippen molar-refractivity contribution in [2.45, 2.75) is 44.6 Å². The zero-order chi connectivity index (χ0) is 12.8. The van der Waals surface area contributed by atoms with Crippen molar-refractivity contribution in [3.05, 3.63) is 35.4 Å². The lowest BCUT2D eigenvalue weighted by atomic mass is 10.1. The molecule has 2 N–H and O–H groups in total. The van der Waals surface area contributed by atoms with Crippen LogP contribution in [0.5, 0.6) is 0 Å². The number of carboxylic acid groups (broad SMARTS) is 1. The van der Waals surface area contributed by atoms with Crippen LogP contribution in [0.15, 0.2) is 24.3 Å². The van der Waals surface area contributed by atoms with Crippen LogP contribution in [0.2, 0.25) is 0 Å². The quantitative estimate of drug-likeness (QED) is 0.728. The minimum absolute atomic E-state index is 0.298. The van der Waals surface area contributed by atoms with Gasteiger partial charge in [0.25, 0.3) is 0 Å². The maximum atomic E-state index is 10.4. The molecule has 1 unspecified atom stereocenters. The van der Waals surface area contributed by atoms with Crippen LogP contribution in [-0.2, 0) is 11.2 Å². The largest absolute Gasteiger partial charge is 0.481 e. The zero-order valence-corrected chi connectivity index (χ0v) is 10.7. The second kappa shape index (κ2) is 6.55. The van der Waals surface area contributed by atoms with Crippen molar-refractivity contribution in [1.82, 2.24) is 5.32 Å². The summed E-state index contributed by atoms with van der Waals surface area (Å²) < 4.78 is 0. The van der Waals surface area contributed by atoms with Gasteiger partial charge in [-0.1, -0.05) is 30.7 Å². The number of hydrogen-bond donors (Lipinski definition) is 2. The standard InChI is InChI=1S/C15H21NO2/c17-15(18)8-2-1-5-11-16-14-10-9-12-6-3-4-7-13(12)14/h3-4,6-7,14,16H,1-2,5,8-11H2,(H,17,18). The van der Waals surface area contributed by atoms with E-state index >= 15 is 0 Å². The molecule has 1 aromatic carbocycles. The number of unbranched alkanes of at least 4 members (excludes halogenated alkanes) is 2. The Morgan fingerprint density at radius 3 is 2.94 bits per heavy atom. The maximum Gasteiger partial charge on any atom is 0.303 e. The molecule has 0 radical (unpaired) electrons. The number of benzene rings is 1. The van der Waals surface area contributed by atoms with Crippen molar-refractivity contribution >= 4 is 5.97 Å². The molecule has 1 atom stereocenters. The van der Waals surface area contributed by atoms with E-state index in [9.17, 15) is 4.79 Å². The lowest BCUT2D eigenvalue weighted by Crippen LogP contribution is -2.20. The monoisotopic (exact) mass is 247 g/mol. The third-order valence-corrected chi connectivity index (χ3v) is 3.59. The minimum Gasteiger partial charge on any atom is -0.481 e. The van der Waals surface area contributed by atoms with Crippen molar-refractivity contribution in [3.63, 3.8) is 0 Å². The highest BCUT2D eigenvalue weighted by Crippen LogP contribution is 2.30. The lowest BCUT2D eigenvalue weighted by molar-refractivity contribution is -0.137. The number of rotatable bonds is 7. The van der Waals surface area contributed by atoms with Crippen molar-refractivity contribution in [2.24, 2.45) is 0 Å². The van der Waals surface area contributed by atoms with Crippen molar-refractivity contribution < 1.29 is 9.90 Å². The van der Waals surface area contributed by atoms with Gasteiger partial charge >= 0.3 is 5.97 Å². The first-order chi connectivity index (χ1) is 8.77. The average molecular weight is 247 g/mol. The normalized spacial score (nSPS) is 17.7. The highest BCUT2D eigenvalue weighted by atomic mass is 16.4. The molecule has 0 heterocycles. The van der Waals surface area contributed by atoms with Crippen LogP contribution in [0.25, 0.3) is 0 Å². The van der Waals surface area contributed by atoms with Gasteiger partial charge in [0, 0.05) is 12.5 Å². The Morgan fingerprint density at radius 1 is 1.28 bits per heavy atom. The summed E-state index contributed by atoms with van der Waals surface area (Å²) in [5.74, 6) is -0.687. The lowest BCUT2D eigenvalue weighted by Gasteiger charge is -2.13. The van der Waals surface area contributed by atoms with Gasteiger partial charge in [0.1, 0.15) is 0 Å². The molecule has 0 spiro atoms. The van der Waals surface area contributed by atoms with Crippen LogP contribution in [0, 0.1) is 0 Å². The van der Waals surface area contributed by atoms with Gasteiger partial charge in [0.05, 0.1) is 0 Å². The van der Waals surface area contributed by atoms with Crippen LogP contribution < -0.4 is 5.32 Å². The zero-order valence-electron chi connectivity index (χ0n) is 10.7. The number of aliphatic carboxylic acids is 1. The fourth-order valence-electron chi connectivity index (χ4n) is 2.62. The molecule has 3 heteroatoms. The Morgan fingerprint density at radius 2 is 2.11 bits per heavy atom. The van der Waals surface area contributed by atoms with E-state index in [4.69, 9.17) is 5.11 Å². The third kappa shape index (κ3) is 3.57. The molecule has 18 heavy (non-hydrogen) atoms. The summed E-state index contributed by atoms with van der Waals surface area (Å²) in [6.45, 7) is 0.985. The molecule has 1 aromatic rings. The molecule has 0 bridgehead atoms. The second-order valence-corrected chi connectivity index (χ2v) is 4.95.